The lowest BCUT2D eigenvalue weighted by Crippen LogP contribution is -2.26. The van der Waals surface area contributed by atoms with Crippen molar-refractivity contribution in [3.63, 3.8) is 0 Å². The van der Waals surface area contributed by atoms with Crippen LogP contribution >= 0.6 is 23.6 Å². The molecule has 1 atom stereocenters. The van der Waals surface area contributed by atoms with Crippen molar-refractivity contribution >= 4 is 33.8 Å². The van der Waals surface area contributed by atoms with Crippen molar-refractivity contribution in [1.82, 2.24) is 9.55 Å². The quantitative estimate of drug-likeness (QED) is 0.863. The fraction of sp³-hybridized carbons (Fsp3) is 0.538. The van der Waals surface area contributed by atoms with Crippen LogP contribution in [0.25, 0.3) is 10.2 Å². The molecule has 5 heteroatoms. The number of fused-ring (bicyclic) bond motifs is 1. The monoisotopic (exact) mass is 280 g/mol. The highest BCUT2D eigenvalue weighted by Crippen LogP contribution is 2.37. The molecule has 1 aliphatic carbocycles. The Morgan fingerprint density at radius 1 is 1.61 bits per heavy atom. The first kappa shape index (κ1) is 12.1. The summed E-state index contributed by atoms with van der Waals surface area (Å²) in [5.41, 5.74) is 0.948. The summed E-state index contributed by atoms with van der Waals surface area (Å²) >= 11 is 6.85. The van der Waals surface area contributed by atoms with Gasteiger partial charge in [-0.2, -0.15) is 0 Å². The summed E-state index contributed by atoms with van der Waals surface area (Å²) in [6.45, 7) is 2.13. The summed E-state index contributed by atoms with van der Waals surface area (Å²) in [6, 6.07) is 2.17. The van der Waals surface area contributed by atoms with Gasteiger partial charge >= 0.3 is 0 Å². The first-order chi connectivity index (χ1) is 8.70. The van der Waals surface area contributed by atoms with E-state index in [2.05, 4.69) is 11.9 Å². The van der Waals surface area contributed by atoms with Crippen LogP contribution in [0.15, 0.2) is 16.2 Å². The number of H-pyrrole nitrogens is 1. The van der Waals surface area contributed by atoms with Gasteiger partial charge in [0, 0.05) is 6.04 Å². The van der Waals surface area contributed by atoms with Crippen LogP contribution in [-0.4, -0.2) is 9.55 Å². The lowest BCUT2D eigenvalue weighted by atomic mass is 10.1. The predicted molar refractivity (Wildman–Crippen MR) is 77.9 cm³/mol. The topological polar surface area (TPSA) is 37.8 Å². The normalized spacial score (nSPS) is 17.2. The molecule has 1 unspecified atom stereocenters. The van der Waals surface area contributed by atoms with Gasteiger partial charge in [-0.25, -0.2) is 0 Å². The van der Waals surface area contributed by atoms with E-state index in [1.807, 2.05) is 11.4 Å². The molecule has 1 saturated carbocycles. The van der Waals surface area contributed by atoms with Gasteiger partial charge in [0.1, 0.15) is 4.70 Å². The fourth-order valence-corrected chi connectivity index (χ4v) is 3.60. The molecule has 3 nitrogen and oxygen atoms in total. The maximum Gasteiger partial charge on any atom is 0.272 e. The molecule has 2 aromatic heterocycles. The highest BCUT2D eigenvalue weighted by Gasteiger charge is 2.26. The third-order valence-corrected chi connectivity index (χ3v) is 4.88. The predicted octanol–water partition coefficient (Wildman–Crippen LogP) is 3.87. The lowest BCUT2D eigenvalue weighted by molar-refractivity contribution is 0.412. The van der Waals surface area contributed by atoms with E-state index in [1.165, 1.54) is 24.2 Å². The highest BCUT2D eigenvalue weighted by molar-refractivity contribution is 7.71. The van der Waals surface area contributed by atoms with Gasteiger partial charge in [0.25, 0.3) is 5.56 Å². The molecule has 0 aromatic carbocycles. The molecule has 0 bridgehead atoms. The zero-order valence-electron chi connectivity index (χ0n) is 10.3. The van der Waals surface area contributed by atoms with Crippen molar-refractivity contribution in [2.75, 3.05) is 0 Å². The average Bonchev–Trinajstić information content (AvgIpc) is 3.04. The third kappa shape index (κ3) is 2.06. The van der Waals surface area contributed by atoms with E-state index < -0.39 is 0 Å². The van der Waals surface area contributed by atoms with Crippen LogP contribution in [0.2, 0.25) is 0 Å². The van der Waals surface area contributed by atoms with Crippen LogP contribution < -0.4 is 5.56 Å². The summed E-state index contributed by atoms with van der Waals surface area (Å²) in [6.07, 6.45) is 4.67. The van der Waals surface area contributed by atoms with Crippen LogP contribution in [0, 0.1) is 10.7 Å². The first-order valence-corrected chi connectivity index (χ1v) is 7.71. The van der Waals surface area contributed by atoms with Gasteiger partial charge in [0.15, 0.2) is 4.77 Å². The maximum absolute atomic E-state index is 12.5. The lowest BCUT2D eigenvalue weighted by Gasteiger charge is -2.17. The maximum atomic E-state index is 12.5. The van der Waals surface area contributed by atoms with E-state index >= 15 is 0 Å². The second-order valence-corrected chi connectivity index (χ2v) is 6.31. The molecular formula is C13H16N2OS2. The van der Waals surface area contributed by atoms with E-state index in [-0.39, 0.29) is 11.6 Å². The van der Waals surface area contributed by atoms with Crippen LogP contribution in [-0.2, 0) is 0 Å². The number of nitrogens with zero attached hydrogens (tertiary/aromatic N) is 1. The molecule has 1 N–H and O–H groups in total. The minimum atomic E-state index is 0.0799. The van der Waals surface area contributed by atoms with Crippen molar-refractivity contribution < 1.29 is 0 Å². The fourth-order valence-electron chi connectivity index (χ4n) is 2.47. The van der Waals surface area contributed by atoms with E-state index in [1.54, 1.807) is 4.57 Å². The molecule has 0 radical (unpaired) electrons. The van der Waals surface area contributed by atoms with Crippen LogP contribution in [0.1, 0.15) is 38.6 Å². The van der Waals surface area contributed by atoms with Gasteiger partial charge in [0.2, 0.25) is 0 Å². The van der Waals surface area contributed by atoms with Crippen molar-refractivity contribution in [2.45, 2.75) is 38.6 Å². The number of aromatic amines is 1. The zero-order valence-corrected chi connectivity index (χ0v) is 11.9. The van der Waals surface area contributed by atoms with Crippen molar-refractivity contribution in [3.05, 3.63) is 26.6 Å². The van der Waals surface area contributed by atoms with Gasteiger partial charge in [-0.3, -0.25) is 9.36 Å². The second-order valence-electron chi connectivity index (χ2n) is 5.01. The molecule has 18 heavy (non-hydrogen) atoms. The van der Waals surface area contributed by atoms with E-state index in [4.69, 9.17) is 12.2 Å². The Labute approximate surface area is 114 Å². The number of thiophene rings is 1. The number of hydrogen-bond acceptors (Lipinski definition) is 3. The molecule has 1 fully saturated rings. The van der Waals surface area contributed by atoms with E-state index in [9.17, 15) is 4.79 Å². The van der Waals surface area contributed by atoms with Gasteiger partial charge in [0.05, 0.1) is 5.52 Å². The van der Waals surface area contributed by atoms with E-state index in [0.717, 1.165) is 29.0 Å². The van der Waals surface area contributed by atoms with Crippen LogP contribution in [0.4, 0.5) is 0 Å². The number of aromatic nitrogens is 2. The first-order valence-electron chi connectivity index (χ1n) is 6.42. The minimum Gasteiger partial charge on any atom is -0.331 e. The van der Waals surface area contributed by atoms with Gasteiger partial charge in [-0.1, -0.05) is 19.8 Å². The third-order valence-electron chi connectivity index (χ3n) is 3.68. The SMILES string of the molecule is CCC(CC1CC1)n1c(=S)[nH]c2ccsc2c1=O. The molecule has 0 amide bonds. The molecule has 1 aliphatic rings. The molecule has 0 saturated heterocycles. The largest absolute Gasteiger partial charge is 0.331 e. The van der Waals surface area contributed by atoms with Crippen molar-refractivity contribution in [1.29, 1.82) is 0 Å². The molecule has 2 aromatic rings. The number of hydrogen-bond donors (Lipinski definition) is 1. The smallest absolute Gasteiger partial charge is 0.272 e. The molecule has 3 rings (SSSR count). The Hall–Kier alpha value is -0.940. The Bertz CT molecular complexity index is 678. The minimum absolute atomic E-state index is 0.0799. The molecular weight excluding hydrogens is 264 g/mol. The molecule has 0 aliphatic heterocycles. The average molecular weight is 280 g/mol. The van der Waals surface area contributed by atoms with Crippen LogP contribution in [0.5, 0.6) is 0 Å². The molecule has 2 heterocycles. The van der Waals surface area contributed by atoms with Gasteiger partial charge < -0.3 is 4.98 Å². The standard InChI is InChI=1S/C13H16N2OS2/c1-2-9(7-8-3-4-8)15-12(16)11-10(5-6-18-11)14-13(15)17/h5-6,8-9H,2-4,7H2,1H3,(H,14,17). The summed E-state index contributed by atoms with van der Waals surface area (Å²) in [5, 5.41) is 1.93. The van der Waals surface area contributed by atoms with Gasteiger partial charge in [-0.15, -0.1) is 11.3 Å². The summed E-state index contributed by atoms with van der Waals surface area (Å²) in [7, 11) is 0. The van der Waals surface area contributed by atoms with E-state index in [0.29, 0.717) is 4.77 Å². The Balaban J connectivity index is 2.13. The Morgan fingerprint density at radius 2 is 2.39 bits per heavy atom. The molecule has 96 valence electrons. The Morgan fingerprint density at radius 3 is 3.06 bits per heavy atom. The number of rotatable bonds is 4. The van der Waals surface area contributed by atoms with Crippen LogP contribution in [0.3, 0.4) is 0 Å². The highest BCUT2D eigenvalue weighted by atomic mass is 32.1. The summed E-state index contributed by atoms with van der Waals surface area (Å²) in [5.74, 6) is 0.801. The summed E-state index contributed by atoms with van der Waals surface area (Å²) < 4.78 is 3.16. The molecule has 0 spiro atoms. The summed E-state index contributed by atoms with van der Waals surface area (Å²) in [4.78, 5) is 15.7. The van der Waals surface area contributed by atoms with Gasteiger partial charge in [-0.05, 0) is 42.4 Å². The number of nitrogens with one attached hydrogen (secondary N) is 1. The Kier molecular flexibility index (Phi) is 3.11. The zero-order chi connectivity index (χ0) is 12.7. The second kappa shape index (κ2) is 4.63. The van der Waals surface area contributed by atoms with Crippen molar-refractivity contribution in [2.24, 2.45) is 5.92 Å². The van der Waals surface area contributed by atoms with Crippen molar-refractivity contribution in [3.8, 4) is 0 Å².